The lowest BCUT2D eigenvalue weighted by Crippen LogP contribution is -2.18. The molecule has 3 rings (SSSR count). The molecule has 0 aliphatic heterocycles. The highest BCUT2D eigenvalue weighted by Gasteiger charge is 2.43. The number of unbranched alkanes of at least 4 members (excludes halogenated alkanes) is 1. The van der Waals surface area contributed by atoms with Crippen LogP contribution < -0.4 is 0 Å². The van der Waals surface area contributed by atoms with Crippen LogP contribution in [0.1, 0.15) is 49.7 Å². The Balaban J connectivity index is 1.51. The van der Waals surface area contributed by atoms with Crippen LogP contribution in [0.15, 0.2) is 48.1 Å². The summed E-state index contributed by atoms with van der Waals surface area (Å²) in [5.74, 6) is 0.180. The first-order chi connectivity index (χ1) is 13.4. The average Bonchev–Trinajstić information content (AvgIpc) is 3.13. The lowest BCUT2D eigenvalue weighted by atomic mass is 9.88. The fraction of sp³-hybridized carbons (Fsp3) is 0.542. The van der Waals surface area contributed by atoms with Gasteiger partial charge >= 0.3 is 5.97 Å². The Kier molecular flexibility index (Phi) is 7.08. The van der Waals surface area contributed by atoms with Gasteiger partial charge in [-0.05, 0) is 56.4 Å². The van der Waals surface area contributed by atoms with Crippen LogP contribution >= 0.6 is 0 Å². The predicted octanol–water partition coefficient (Wildman–Crippen LogP) is 4.04. The van der Waals surface area contributed by atoms with Gasteiger partial charge in [-0.1, -0.05) is 53.6 Å². The third kappa shape index (κ3) is 5.55. The molecule has 0 aromatic heterocycles. The Morgan fingerprint density at radius 1 is 1.32 bits per heavy atom. The Bertz CT molecular complexity index is 736. The molecule has 0 spiro atoms. The van der Waals surface area contributed by atoms with Gasteiger partial charge in [0.15, 0.2) is 0 Å². The summed E-state index contributed by atoms with van der Waals surface area (Å²) in [6, 6.07) is 8.18. The van der Waals surface area contributed by atoms with Crippen molar-refractivity contribution in [3.05, 3.63) is 59.2 Å². The minimum atomic E-state index is -0.727. The molecule has 1 fully saturated rings. The Morgan fingerprint density at radius 2 is 2.14 bits per heavy atom. The standard InChI is InChI=1S/C24H32O4/c1-16-5-4-7-17(11-16)13-20(25)9-10-21-22-14-18(6-2-3-8-24(27)28)12-19(22)15-23(21)26/h4-5,7,9-12,19-23,25-26H,2-3,6,8,13-15H2,1H3,(H,27,28)/b10-9+/t19-,20+,21+,22-,23+/m0/s1. The quantitative estimate of drug-likeness (QED) is 0.443. The van der Waals surface area contributed by atoms with E-state index < -0.39 is 12.1 Å². The minimum absolute atomic E-state index is 0.0879. The first-order valence-corrected chi connectivity index (χ1v) is 10.4. The summed E-state index contributed by atoms with van der Waals surface area (Å²) in [6.07, 6.45) is 10.5. The van der Waals surface area contributed by atoms with Gasteiger partial charge in [-0.15, -0.1) is 0 Å². The second-order valence-corrected chi connectivity index (χ2v) is 8.48. The van der Waals surface area contributed by atoms with E-state index >= 15 is 0 Å². The van der Waals surface area contributed by atoms with Gasteiger partial charge in [-0.2, -0.15) is 0 Å². The number of carboxylic acids is 1. The molecule has 0 radical (unpaired) electrons. The molecule has 5 atom stereocenters. The molecule has 2 aliphatic rings. The van der Waals surface area contributed by atoms with Crippen molar-refractivity contribution in [3.63, 3.8) is 0 Å². The lowest BCUT2D eigenvalue weighted by Gasteiger charge is -2.19. The molecule has 152 valence electrons. The van der Waals surface area contributed by atoms with Crippen LogP contribution in [0, 0.1) is 24.7 Å². The molecule has 1 saturated carbocycles. The summed E-state index contributed by atoms with van der Waals surface area (Å²) in [6.45, 7) is 2.05. The third-order valence-corrected chi connectivity index (χ3v) is 6.17. The summed E-state index contributed by atoms with van der Waals surface area (Å²) < 4.78 is 0. The van der Waals surface area contributed by atoms with Crippen molar-refractivity contribution < 1.29 is 20.1 Å². The predicted molar refractivity (Wildman–Crippen MR) is 110 cm³/mol. The molecule has 1 aromatic carbocycles. The first kappa shape index (κ1) is 20.8. The number of allylic oxidation sites excluding steroid dienone is 2. The molecule has 2 aliphatic carbocycles. The number of aliphatic hydroxyl groups is 2. The topological polar surface area (TPSA) is 77.8 Å². The van der Waals surface area contributed by atoms with E-state index in [4.69, 9.17) is 5.11 Å². The summed E-state index contributed by atoms with van der Waals surface area (Å²) in [4.78, 5) is 10.6. The van der Waals surface area contributed by atoms with Crippen molar-refractivity contribution >= 4 is 5.97 Å². The fourth-order valence-electron chi connectivity index (χ4n) is 4.82. The van der Waals surface area contributed by atoms with Crippen molar-refractivity contribution in [1.82, 2.24) is 0 Å². The first-order valence-electron chi connectivity index (χ1n) is 10.4. The number of hydrogen-bond acceptors (Lipinski definition) is 3. The lowest BCUT2D eigenvalue weighted by molar-refractivity contribution is -0.137. The summed E-state index contributed by atoms with van der Waals surface area (Å²) >= 11 is 0. The van der Waals surface area contributed by atoms with Crippen molar-refractivity contribution in [1.29, 1.82) is 0 Å². The molecule has 0 saturated heterocycles. The number of aliphatic carboxylic acids is 1. The number of hydrogen-bond donors (Lipinski definition) is 3. The van der Waals surface area contributed by atoms with E-state index in [1.54, 1.807) is 0 Å². The third-order valence-electron chi connectivity index (χ3n) is 6.17. The van der Waals surface area contributed by atoms with Crippen molar-refractivity contribution in [3.8, 4) is 0 Å². The zero-order valence-electron chi connectivity index (χ0n) is 16.6. The van der Waals surface area contributed by atoms with Gasteiger partial charge in [0.25, 0.3) is 0 Å². The molecule has 4 heteroatoms. The average molecular weight is 385 g/mol. The highest BCUT2D eigenvalue weighted by molar-refractivity contribution is 5.66. The van der Waals surface area contributed by atoms with Gasteiger partial charge in [0.2, 0.25) is 0 Å². The van der Waals surface area contributed by atoms with Gasteiger partial charge < -0.3 is 15.3 Å². The van der Waals surface area contributed by atoms with Gasteiger partial charge in [0.1, 0.15) is 0 Å². The van der Waals surface area contributed by atoms with E-state index in [0.717, 1.165) is 37.7 Å². The minimum Gasteiger partial charge on any atom is -0.481 e. The summed E-state index contributed by atoms with van der Waals surface area (Å²) in [5.41, 5.74) is 3.72. The molecular formula is C24H32O4. The van der Waals surface area contributed by atoms with E-state index in [-0.39, 0.29) is 18.4 Å². The van der Waals surface area contributed by atoms with Crippen molar-refractivity contribution in [2.45, 2.75) is 64.1 Å². The molecule has 0 bridgehead atoms. The van der Waals surface area contributed by atoms with Crippen molar-refractivity contribution in [2.75, 3.05) is 0 Å². The maximum Gasteiger partial charge on any atom is 0.303 e. The second-order valence-electron chi connectivity index (χ2n) is 8.48. The van der Waals surface area contributed by atoms with Crippen LogP contribution in [0.5, 0.6) is 0 Å². The number of aliphatic hydroxyl groups excluding tert-OH is 2. The van der Waals surface area contributed by atoms with Gasteiger partial charge in [0, 0.05) is 18.8 Å². The van der Waals surface area contributed by atoms with E-state index in [2.05, 4.69) is 12.1 Å². The van der Waals surface area contributed by atoms with Crippen LogP contribution in [-0.4, -0.2) is 33.5 Å². The normalized spacial score (nSPS) is 27.8. The van der Waals surface area contributed by atoms with Crippen LogP contribution in [0.2, 0.25) is 0 Å². The Morgan fingerprint density at radius 3 is 2.89 bits per heavy atom. The van der Waals surface area contributed by atoms with Crippen LogP contribution in [0.3, 0.4) is 0 Å². The van der Waals surface area contributed by atoms with E-state index in [1.165, 1.54) is 11.1 Å². The maximum atomic E-state index is 10.6. The SMILES string of the molecule is Cc1cccc(C[C@H](O)/C=C/[C@@H]2[C@H]3CC(CCCCC(=O)O)=C[C@H]3C[C@H]2O)c1. The fourth-order valence-corrected chi connectivity index (χ4v) is 4.82. The molecule has 4 nitrogen and oxygen atoms in total. The highest BCUT2D eigenvalue weighted by atomic mass is 16.4. The number of benzene rings is 1. The Hall–Kier alpha value is -1.91. The van der Waals surface area contributed by atoms with E-state index in [0.29, 0.717) is 18.3 Å². The molecule has 0 unspecified atom stereocenters. The van der Waals surface area contributed by atoms with Gasteiger partial charge in [-0.3, -0.25) is 4.79 Å². The molecule has 0 amide bonds. The van der Waals surface area contributed by atoms with Gasteiger partial charge in [0.05, 0.1) is 12.2 Å². The number of carbonyl (C=O) groups is 1. The number of aryl methyl sites for hydroxylation is 1. The largest absolute Gasteiger partial charge is 0.481 e. The van der Waals surface area contributed by atoms with Crippen LogP contribution in [0.4, 0.5) is 0 Å². The zero-order valence-corrected chi connectivity index (χ0v) is 16.6. The molecule has 3 N–H and O–H groups in total. The highest BCUT2D eigenvalue weighted by Crippen LogP contribution is 2.48. The number of rotatable bonds is 9. The number of fused-ring (bicyclic) bond motifs is 1. The summed E-state index contributed by atoms with van der Waals surface area (Å²) in [7, 11) is 0. The summed E-state index contributed by atoms with van der Waals surface area (Å²) in [5, 5.41) is 29.6. The molecule has 0 heterocycles. The number of carboxylic acid groups (broad SMARTS) is 1. The van der Waals surface area contributed by atoms with Crippen LogP contribution in [-0.2, 0) is 11.2 Å². The molecule has 28 heavy (non-hydrogen) atoms. The Labute approximate surface area is 167 Å². The van der Waals surface area contributed by atoms with Crippen LogP contribution in [0.25, 0.3) is 0 Å². The molecular weight excluding hydrogens is 352 g/mol. The smallest absolute Gasteiger partial charge is 0.303 e. The maximum absolute atomic E-state index is 10.6. The molecule has 1 aromatic rings. The van der Waals surface area contributed by atoms with Crippen molar-refractivity contribution in [2.24, 2.45) is 17.8 Å². The monoisotopic (exact) mass is 384 g/mol. The second kappa shape index (κ2) is 9.53. The zero-order chi connectivity index (χ0) is 20.1. The van der Waals surface area contributed by atoms with E-state index in [1.807, 2.05) is 37.3 Å². The van der Waals surface area contributed by atoms with Gasteiger partial charge in [-0.25, -0.2) is 0 Å². The van der Waals surface area contributed by atoms with E-state index in [9.17, 15) is 15.0 Å².